The largest absolute Gasteiger partial charge is 0.508 e. The molecule has 0 bridgehead atoms. The van der Waals surface area contributed by atoms with Gasteiger partial charge in [0.1, 0.15) is 5.75 Å². The third-order valence-corrected chi connectivity index (χ3v) is 2.09. The van der Waals surface area contributed by atoms with Crippen LogP contribution in [0.5, 0.6) is 17.2 Å². The van der Waals surface area contributed by atoms with Gasteiger partial charge in [-0.15, -0.1) is 0 Å². The molecule has 0 fully saturated rings. The zero-order valence-electron chi connectivity index (χ0n) is 8.73. The van der Waals surface area contributed by atoms with Crippen molar-refractivity contribution < 1.29 is 19.7 Å². The number of rotatable bonds is 4. The van der Waals surface area contributed by atoms with Crippen molar-refractivity contribution in [2.45, 2.75) is 6.04 Å². The van der Waals surface area contributed by atoms with Gasteiger partial charge >= 0.3 is 0 Å². The molecule has 0 aliphatic rings. The van der Waals surface area contributed by atoms with Crippen molar-refractivity contribution in [3.05, 3.63) is 17.7 Å². The van der Waals surface area contributed by atoms with Crippen LogP contribution in [-0.2, 0) is 0 Å². The van der Waals surface area contributed by atoms with Crippen molar-refractivity contribution in [1.82, 2.24) is 0 Å². The van der Waals surface area contributed by atoms with Gasteiger partial charge in [-0.3, -0.25) is 0 Å². The molecule has 0 heterocycles. The van der Waals surface area contributed by atoms with Gasteiger partial charge in [-0.2, -0.15) is 0 Å². The fraction of sp³-hybridized carbons (Fsp3) is 0.400. The number of hydrogen-bond donors (Lipinski definition) is 3. The smallest absolute Gasteiger partial charge is 0.165 e. The first kappa shape index (κ1) is 11.6. The van der Waals surface area contributed by atoms with E-state index < -0.39 is 6.04 Å². The van der Waals surface area contributed by atoms with Crippen LogP contribution in [0.3, 0.4) is 0 Å². The van der Waals surface area contributed by atoms with E-state index >= 15 is 0 Å². The molecule has 84 valence electrons. The molecule has 0 saturated carbocycles. The van der Waals surface area contributed by atoms with E-state index in [0.29, 0.717) is 17.1 Å². The first-order chi connectivity index (χ1) is 7.13. The summed E-state index contributed by atoms with van der Waals surface area (Å²) in [4.78, 5) is 0. The number of nitrogens with two attached hydrogens (primary N) is 1. The monoisotopic (exact) mass is 213 g/mol. The van der Waals surface area contributed by atoms with Crippen molar-refractivity contribution in [3.63, 3.8) is 0 Å². The van der Waals surface area contributed by atoms with E-state index in [2.05, 4.69) is 0 Å². The Kier molecular flexibility index (Phi) is 3.76. The minimum Gasteiger partial charge on any atom is -0.508 e. The molecule has 0 saturated heterocycles. The second kappa shape index (κ2) is 4.86. The third kappa shape index (κ3) is 2.31. The zero-order chi connectivity index (χ0) is 11.4. The molecule has 15 heavy (non-hydrogen) atoms. The first-order valence-electron chi connectivity index (χ1n) is 4.45. The number of benzene rings is 1. The molecule has 0 aliphatic carbocycles. The van der Waals surface area contributed by atoms with Crippen LogP contribution in [0.25, 0.3) is 0 Å². The van der Waals surface area contributed by atoms with Crippen LogP contribution in [0.4, 0.5) is 0 Å². The van der Waals surface area contributed by atoms with Crippen LogP contribution in [0.2, 0.25) is 0 Å². The summed E-state index contributed by atoms with van der Waals surface area (Å²) in [6, 6.07) is 2.26. The number of aromatic hydroxyl groups is 1. The lowest BCUT2D eigenvalue weighted by molar-refractivity contribution is 0.262. The lowest BCUT2D eigenvalue weighted by Gasteiger charge is -2.16. The van der Waals surface area contributed by atoms with E-state index in [4.69, 9.17) is 20.3 Å². The molecule has 0 radical (unpaired) electrons. The molecule has 5 heteroatoms. The van der Waals surface area contributed by atoms with Gasteiger partial charge < -0.3 is 25.4 Å². The Hall–Kier alpha value is -1.46. The SMILES string of the molecule is COc1cc(O)cc(C(N)CO)c1OC. The van der Waals surface area contributed by atoms with Crippen molar-refractivity contribution >= 4 is 0 Å². The van der Waals surface area contributed by atoms with Crippen molar-refractivity contribution in [2.24, 2.45) is 5.73 Å². The fourth-order valence-electron chi connectivity index (χ4n) is 1.35. The number of aliphatic hydroxyl groups is 1. The summed E-state index contributed by atoms with van der Waals surface area (Å²) in [7, 11) is 2.94. The van der Waals surface area contributed by atoms with E-state index in [1.165, 1.54) is 26.4 Å². The maximum atomic E-state index is 9.42. The van der Waals surface area contributed by atoms with Gasteiger partial charge in [-0.25, -0.2) is 0 Å². The van der Waals surface area contributed by atoms with Crippen molar-refractivity contribution in [1.29, 1.82) is 0 Å². The molecular weight excluding hydrogens is 198 g/mol. The van der Waals surface area contributed by atoms with Gasteiger partial charge in [0.05, 0.1) is 26.9 Å². The molecule has 0 aromatic heterocycles. The van der Waals surface area contributed by atoms with Crippen molar-refractivity contribution in [3.8, 4) is 17.2 Å². The number of methoxy groups -OCH3 is 2. The van der Waals surface area contributed by atoms with E-state index in [1.54, 1.807) is 0 Å². The minimum absolute atomic E-state index is 0.0200. The van der Waals surface area contributed by atoms with Crippen LogP contribution in [0.1, 0.15) is 11.6 Å². The molecule has 1 unspecified atom stereocenters. The Labute approximate surface area is 88.0 Å². The summed E-state index contributed by atoms with van der Waals surface area (Å²) in [5, 5.41) is 18.4. The van der Waals surface area contributed by atoms with E-state index in [9.17, 15) is 5.11 Å². The predicted octanol–water partition coefficient (Wildman–Crippen LogP) is 0.401. The van der Waals surface area contributed by atoms with Gasteiger partial charge in [0.2, 0.25) is 0 Å². The van der Waals surface area contributed by atoms with Gasteiger partial charge in [0.15, 0.2) is 11.5 Å². The van der Waals surface area contributed by atoms with Gasteiger partial charge in [-0.1, -0.05) is 0 Å². The highest BCUT2D eigenvalue weighted by Gasteiger charge is 2.17. The maximum absolute atomic E-state index is 9.42. The van der Waals surface area contributed by atoms with Crippen LogP contribution in [-0.4, -0.2) is 31.0 Å². The van der Waals surface area contributed by atoms with Crippen LogP contribution in [0.15, 0.2) is 12.1 Å². The highest BCUT2D eigenvalue weighted by molar-refractivity contribution is 5.52. The average Bonchev–Trinajstić information content (AvgIpc) is 2.26. The Bertz CT molecular complexity index is 340. The Morgan fingerprint density at radius 3 is 2.47 bits per heavy atom. The molecule has 1 atom stereocenters. The molecular formula is C10H15NO4. The number of ether oxygens (including phenoxy) is 2. The standard InChI is InChI=1S/C10H15NO4/c1-14-9-4-6(13)3-7(8(11)5-12)10(9)15-2/h3-4,8,12-13H,5,11H2,1-2H3. The summed E-state index contributed by atoms with van der Waals surface area (Å²) in [6.45, 7) is -0.233. The third-order valence-electron chi connectivity index (χ3n) is 2.09. The molecule has 0 amide bonds. The van der Waals surface area contributed by atoms with Crippen LogP contribution < -0.4 is 15.2 Å². The summed E-state index contributed by atoms with van der Waals surface area (Å²) in [5.41, 5.74) is 6.18. The molecule has 1 aromatic carbocycles. The maximum Gasteiger partial charge on any atom is 0.165 e. The topological polar surface area (TPSA) is 84.9 Å². The number of phenolic OH excluding ortho intramolecular Hbond substituents is 1. The molecule has 1 aromatic rings. The number of aliphatic hydroxyl groups excluding tert-OH is 1. The molecule has 1 rings (SSSR count). The van der Waals surface area contributed by atoms with Gasteiger partial charge in [0.25, 0.3) is 0 Å². The minimum atomic E-state index is -0.610. The van der Waals surface area contributed by atoms with E-state index in [-0.39, 0.29) is 12.4 Å². The quantitative estimate of drug-likeness (QED) is 0.674. The van der Waals surface area contributed by atoms with Crippen molar-refractivity contribution in [2.75, 3.05) is 20.8 Å². The summed E-state index contributed by atoms with van der Waals surface area (Å²) < 4.78 is 10.1. The lowest BCUT2D eigenvalue weighted by Crippen LogP contribution is -2.15. The highest BCUT2D eigenvalue weighted by Crippen LogP contribution is 2.37. The highest BCUT2D eigenvalue weighted by atomic mass is 16.5. The first-order valence-corrected chi connectivity index (χ1v) is 4.45. The summed E-state index contributed by atoms with van der Waals surface area (Å²) >= 11 is 0. The summed E-state index contributed by atoms with van der Waals surface area (Å²) in [5.74, 6) is 0.833. The Morgan fingerprint density at radius 1 is 1.33 bits per heavy atom. The van der Waals surface area contributed by atoms with Crippen LogP contribution in [0, 0.1) is 0 Å². The molecule has 0 aliphatic heterocycles. The van der Waals surface area contributed by atoms with E-state index in [0.717, 1.165) is 0 Å². The second-order valence-electron chi connectivity index (χ2n) is 3.06. The second-order valence-corrected chi connectivity index (χ2v) is 3.06. The van der Waals surface area contributed by atoms with Gasteiger partial charge in [0, 0.05) is 11.6 Å². The number of phenols is 1. The van der Waals surface area contributed by atoms with E-state index in [1.807, 2.05) is 0 Å². The number of hydrogen-bond acceptors (Lipinski definition) is 5. The fourth-order valence-corrected chi connectivity index (χ4v) is 1.35. The normalized spacial score (nSPS) is 12.3. The van der Waals surface area contributed by atoms with Crippen LogP contribution >= 0.6 is 0 Å². The molecule has 5 nitrogen and oxygen atoms in total. The zero-order valence-corrected chi connectivity index (χ0v) is 8.73. The predicted molar refractivity (Wildman–Crippen MR) is 55.2 cm³/mol. The Morgan fingerprint density at radius 2 is 2.00 bits per heavy atom. The van der Waals surface area contributed by atoms with Gasteiger partial charge in [-0.05, 0) is 6.07 Å². The Balaban J connectivity index is 3.28. The molecule has 0 spiro atoms. The average molecular weight is 213 g/mol. The molecule has 4 N–H and O–H groups in total. The summed E-state index contributed by atoms with van der Waals surface area (Å²) in [6.07, 6.45) is 0. The lowest BCUT2D eigenvalue weighted by atomic mass is 10.1.